The number of hydrogen-bond donors (Lipinski definition) is 1. The number of aryl methyl sites for hydroxylation is 1. The average molecular weight is 245 g/mol. The maximum Gasteiger partial charge on any atom is 0.148 e. The molecule has 0 fully saturated rings. The molecule has 0 aliphatic heterocycles. The maximum atomic E-state index is 5.14. The summed E-state index contributed by atoms with van der Waals surface area (Å²) >= 11 is 0. The van der Waals surface area contributed by atoms with Gasteiger partial charge in [0, 0.05) is 25.4 Å². The second kappa shape index (κ2) is 5.58. The molecule has 2 aromatic rings. The molecule has 4 heteroatoms. The van der Waals surface area contributed by atoms with Gasteiger partial charge in [-0.25, -0.2) is 0 Å². The molecule has 0 aliphatic carbocycles. The first-order valence-electron chi connectivity index (χ1n) is 6.06. The molecule has 0 saturated heterocycles. The van der Waals surface area contributed by atoms with Crippen LogP contribution in [0.1, 0.15) is 12.5 Å². The second-order valence-corrected chi connectivity index (χ2v) is 4.47. The highest BCUT2D eigenvalue weighted by Gasteiger charge is 2.05. The molecule has 0 spiro atoms. The number of nitrogens with zero attached hydrogens (tertiary/aromatic N) is 2. The predicted octanol–water partition coefficient (Wildman–Crippen LogP) is 2.47. The van der Waals surface area contributed by atoms with Crippen molar-refractivity contribution < 1.29 is 4.74 Å². The molecule has 0 bridgehead atoms. The van der Waals surface area contributed by atoms with Gasteiger partial charge in [0.05, 0.1) is 7.11 Å². The van der Waals surface area contributed by atoms with Crippen LogP contribution in [0.25, 0.3) is 0 Å². The zero-order valence-electron chi connectivity index (χ0n) is 11.1. The molecule has 1 aromatic heterocycles. The Labute approximate surface area is 108 Å². The summed E-state index contributed by atoms with van der Waals surface area (Å²) in [4.78, 5) is 0. The fourth-order valence-electron chi connectivity index (χ4n) is 1.91. The predicted molar refractivity (Wildman–Crippen MR) is 73.0 cm³/mol. The van der Waals surface area contributed by atoms with Crippen molar-refractivity contribution in [3.8, 4) is 5.75 Å². The van der Waals surface area contributed by atoms with Crippen molar-refractivity contribution in [2.75, 3.05) is 12.4 Å². The van der Waals surface area contributed by atoms with Gasteiger partial charge in [0.2, 0.25) is 0 Å². The molecule has 96 valence electrons. The molecule has 0 radical (unpaired) electrons. The quantitative estimate of drug-likeness (QED) is 0.879. The van der Waals surface area contributed by atoms with Crippen molar-refractivity contribution in [1.82, 2.24) is 9.78 Å². The Morgan fingerprint density at radius 1 is 1.28 bits per heavy atom. The van der Waals surface area contributed by atoms with E-state index < -0.39 is 0 Å². The Bertz CT molecular complexity index is 490. The van der Waals surface area contributed by atoms with Gasteiger partial charge in [-0.2, -0.15) is 5.10 Å². The average Bonchev–Trinajstić information content (AvgIpc) is 2.75. The van der Waals surface area contributed by atoms with Gasteiger partial charge in [-0.1, -0.05) is 12.1 Å². The molecule has 0 amide bonds. The standard InChI is InChI=1S/C14H19N3O/c1-11(15-14-8-9-17(2)16-14)10-12-4-6-13(18-3)7-5-12/h4-9,11H,10H2,1-3H3,(H,15,16). The normalized spacial score (nSPS) is 12.2. The molecule has 4 nitrogen and oxygen atoms in total. The zero-order chi connectivity index (χ0) is 13.0. The summed E-state index contributed by atoms with van der Waals surface area (Å²) < 4.78 is 6.94. The lowest BCUT2D eigenvalue weighted by Gasteiger charge is -2.13. The van der Waals surface area contributed by atoms with Gasteiger partial charge in [-0.3, -0.25) is 4.68 Å². The fraction of sp³-hybridized carbons (Fsp3) is 0.357. The molecule has 2 rings (SSSR count). The van der Waals surface area contributed by atoms with E-state index in [4.69, 9.17) is 4.74 Å². The summed E-state index contributed by atoms with van der Waals surface area (Å²) in [5.74, 6) is 1.81. The first-order valence-corrected chi connectivity index (χ1v) is 6.06. The minimum absolute atomic E-state index is 0.341. The number of anilines is 1. The number of methoxy groups -OCH3 is 1. The van der Waals surface area contributed by atoms with Crippen molar-refractivity contribution in [3.63, 3.8) is 0 Å². The van der Waals surface area contributed by atoms with Crippen molar-refractivity contribution >= 4 is 5.82 Å². The van der Waals surface area contributed by atoms with E-state index in [1.807, 2.05) is 31.4 Å². The Balaban J connectivity index is 1.91. The van der Waals surface area contributed by atoms with Gasteiger partial charge in [-0.05, 0) is 31.0 Å². The summed E-state index contributed by atoms with van der Waals surface area (Å²) in [5.41, 5.74) is 1.28. The number of aromatic nitrogens is 2. The largest absolute Gasteiger partial charge is 0.497 e. The number of nitrogens with one attached hydrogen (secondary N) is 1. The van der Waals surface area contributed by atoms with E-state index in [1.54, 1.807) is 11.8 Å². The third kappa shape index (κ3) is 3.26. The van der Waals surface area contributed by atoms with Crippen LogP contribution in [0.3, 0.4) is 0 Å². The molecule has 1 heterocycles. The molecule has 1 aromatic carbocycles. The smallest absolute Gasteiger partial charge is 0.148 e. The molecular weight excluding hydrogens is 226 g/mol. The van der Waals surface area contributed by atoms with E-state index in [0.29, 0.717) is 6.04 Å². The van der Waals surface area contributed by atoms with Gasteiger partial charge in [0.25, 0.3) is 0 Å². The molecule has 1 atom stereocenters. The van der Waals surface area contributed by atoms with Crippen molar-refractivity contribution in [3.05, 3.63) is 42.1 Å². The number of hydrogen-bond acceptors (Lipinski definition) is 3. The Kier molecular flexibility index (Phi) is 3.87. The van der Waals surface area contributed by atoms with Crippen molar-refractivity contribution in [1.29, 1.82) is 0 Å². The lowest BCUT2D eigenvalue weighted by atomic mass is 10.1. The van der Waals surface area contributed by atoms with Gasteiger partial charge in [-0.15, -0.1) is 0 Å². The van der Waals surface area contributed by atoms with E-state index in [2.05, 4.69) is 29.5 Å². The van der Waals surface area contributed by atoms with Gasteiger partial charge in [0.15, 0.2) is 0 Å². The first-order chi connectivity index (χ1) is 8.67. The highest BCUT2D eigenvalue weighted by Crippen LogP contribution is 2.14. The summed E-state index contributed by atoms with van der Waals surface area (Å²) in [5, 5.41) is 7.68. The maximum absolute atomic E-state index is 5.14. The van der Waals surface area contributed by atoms with E-state index in [-0.39, 0.29) is 0 Å². The van der Waals surface area contributed by atoms with E-state index in [1.165, 1.54) is 5.56 Å². The van der Waals surface area contributed by atoms with Gasteiger partial charge in [0.1, 0.15) is 11.6 Å². The van der Waals surface area contributed by atoms with Crippen molar-refractivity contribution in [2.45, 2.75) is 19.4 Å². The number of ether oxygens (including phenoxy) is 1. The molecule has 18 heavy (non-hydrogen) atoms. The van der Waals surface area contributed by atoms with Crippen LogP contribution in [0.5, 0.6) is 5.75 Å². The van der Waals surface area contributed by atoms with Gasteiger partial charge >= 0.3 is 0 Å². The van der Waals surface area contributed by atoms with Crippen LogP contribution in [0, 0.1) is 0 Å². The Morgan fingerprint density at radius 2 is 2.00 bits per heavy atom. The number of benzene rings is 1. The minimum atomic E-state index is 0.341. The molecule has 0 saturated carbocycles. The monoisotopic (exact) mass is 245 g/mol. The van der Waals surface area contributed by atoms with Crippen molar-refractivity contribution in [2.24, 2.45) is 7.05 Å². The van der Waals surface area contributed by atoms with E-state index >= 15 is 0 Å². The third-order valence-electron chi connectivity index (χ3n) is 2.81. The Morgan fingerprint density at radius 3 is 2.56 bits per heavy atom. The van der Waals surface area contributed by atoms with Crippen LogP contribution in [0.15, 0.2) is 36.5 Å². The second-order valence-electron chi connectivity index (χ2n) is 4.47. The summed E-state index contributed by atoms with van der Waals surface area (Å²) in [6.07, 6.45) is 2.89. The van der Waals surface area contributed by atoms with Crippen LogP contribution in [-0.2, 0) is 13.5 Å². The summed E-state index contributed by atoms with van der Waals surface area (Å²) in [6, 6.07) is 10.5. The first kappa shape index (κ1) is 12.5. The summed E-state index contributed by atoms with van der Waals surface area (Å²) in [6.45, 7) is 2.15. The molecule has 0 aliphatic rings. The lowest BCUT2D eigenvalue weighted by molar-refractivity contribution is 0.414. The van der Waals surface area contributed by atoms with Crippen LogP contribution < -0.4 is 10.1 Å². The fourth-order valence-corrected chi connectivity index (χ4v) is 1.91. The topological polar surface area (TPSA) is 39.1 Å². The van der Waals surface area contributed by atoms with Crippen LogP contribution in [0.4, 0.5) is 5.82 Å². The van der Waals surface area contributed by atoms with Crippen LogP contribution >= 0.6 is 0 Å². The number of rotatable bonds is 5. The lowest BCUT2D eigenvalue weighted by Crippen LogP contribution is -2.18. The van der Waals surface area contributed by atoms with Crippen LogP contribution in [0.2, 0.25) is 0 Å². The SMILES string of the molecule is COc1ccc(CC(C)Nc2ccn(C)n2)cc1. The molecule has 1 unspecified atom stereocenters. The molecule has 1 N–H and O–H groups in total. The van der Waals surface area contributed by atoms with Crippen LogP contribution in [-0.4, -0.2) is 22.9 Å². The highest BCUT2D eigenvalue weighted by molar-refractivity contribution is 5.34. The third-order valence-corrected chi connectivity index (χ3v) is 2.81. The summed E-state index contributed by atoms with van der Waals surface area (Å²) in [7, 11) is 3.60. The zero-order valence-corrected chi connectivity index (χ0v) is 11.1. The van der Waals surface area contributed by atoms with Gasteiger partial charge < -0.3 is 10.1 Å². The highest BCUT2D eigenvalue weighted by atomic mass is 16.5. The molecular formula is C14H19N3O. The Hall–Kier alpha value is -1.97. The minimum Gasteiger partial charge on any atom is -0.497 e. The van der Waals surface area contributed by atoms with E-state index in [0.717, 1.165) is 18.0 Å². The van der Waals surface area contributed by atoms with E-state index in [9.17, 15) is 0 Å².